The van der Waals surface area contributed by atoms with Gasteiger partial charge in [0.2, 0.25) is 0 Å². The summed E-state index contributed by atoms with van der Waals surface area (Å²) in [7, 11) is 8.23. The Kier molecular flexibility index (Phi) is 13.9. The number of aliphatic hydroxyl groups excluding tert-OH is 2. The van der Waals surface area contributed by atoms with Crippen molar-refractivity contribution < 1.29 is 24.4 Å². The SMILES string of the molecule is CN(C)c1ccc(C(c2ccc(N(C)C)cc2)c2ccc(N(CCOCCO)CCOCCOCCO)cc2)cc1. The molecular formula is C33H47N3O5. The fourth-order valence-electron chi connectivity index (χ4n) is 4.66. The first kappa shape index (κ1) is 32.4. The lowest BCUT2D eigenvalue weighted by Crippen LogP contribution is -2.31. The van der Waals surface area contributed by atoms with E-state index in [2.05, 4.69) is 116 Å². The minimum atomic E-state index is 0.0120. The average Bonchev–Trinajstić information content (AvgIpc) is 2.99. The predicted molar refractivity (Wildman–Crippen MR) is 168 cm³/mol. The highest BCUT2D eigenvalue weighted by atomic mass is 16.5. The highest BCUT2D eigenvalue weighted by Crippen LogP contribution is 2.34. The second-order valence-corrected chi connectivity index (χ2v) is 10.3. The lowest BCUT2D eigenvalue weighted by atomic mass is 9.85. The molecule has 0 amide bonds. The third kappa shape index (κ3) is 10.3. The van der Waals surface area contributed by atoms with Crippen LogP contribution in [0, 0.1) is 0 Å². The zero-order valence-electron chi connectivity index (χ0n) is 25.0. The van der Waals surface area contributed by atoms with Crippen molar-refractivity contribution in [2.45, 2.75) is 5.92 Å². The van der Waals surface area contributed by atoms with Crippen LogP contribution in [0.1, 0.15) is 22.6 Å². The molecule has 0 saturated carbocycles. The normalized spacial score (nSPS) is 11.2. The Labute approximate surface area is 245 Å². The molecule has 0 radical (unpaired) electrons. The Bertz CT molecular complexity index is 1050. The molecule has 0 unspecified atom stereocenters. The van der Waals surface area contributed by atoms with E-state index in [4.69, 9.17) is 24.4 Å². The molecule has 0 heterocycles. The summed E-state index contributed by atoms with van der Waals surface area (Å²) >= 11 is 0. The molecule has 8 nitrogen and oxygen atoms in total. The summed E-state index contributed by atoms with van der Waals surface area (Å²) in [4.78, 5) is 6.47. The zero-order chi connectivity index (χ0) is 29.5. The van der Waals surface area contributed by atoms with E-state index in [1.54, 1.807) is 0 Å². The maximum atomic E-state index is 9.07. The standard InChI is InChI=1S/C33H47N3O5/c1-34(2)30-11-5-27(6-12-30)33(28-7-13-31(14-8-28)35(3)4)29-9-15-32(16-10-29)36(17-21-39-23-19-37)18-22-40-25-26-41-24-20-38/h5-16,33,37-38H,17-26H2,1-4H3. The van der Waals surface area contributed by atoms with Crippen LogP contribution in [0.3, 0.4) is 0 Å². The van der Waals surface area contributed by atoms with E-state index in [-0.39, 0.29) is 19.1 Å². The van der Waals surface area contributed by atoms with Gasteiger partial charge >= 0.3 is 0 Å². The molecule has 3 rings (SSSR count). The number of ether oxygens (including phenoxy) is 3. The Balaban J connectivity index is 1.81. The van der Waals surface area contributed by atoms with Gasteiger partial charge in [0.05, 0.1) is 52.9 Å². The van der Waals surface area contributed by atoms with E-state index in [1.165, 1.54) is 28.1 Å². The Morgan fingerprint density at radius 1 is 0.488 bits per heavy atom. The molecule has 0 saturated heterocycles. The maximum absolute atomic E-state index is 9.07. The van der Waals surface area contributed by atoms with Gasteiger partial charge in [-0.25, -0.2) is 0 Å². The molecule has 0 aliphatic carbocycles. The summed E-state index contributed by atoms with van der Waals surface area (Å²) in [5.74, 6) is 0.0973. The van der Waals surface area contributed by atoms with Gasteiger partial charge in [0.25, 0.3) is 0 Å². The minimum absolute atomic E-state index is 0.0120. The monoisotopic (exact) mass is 565 g/mol. The molecule has 0 aliphatic heterocycles. The summed E-state index contributed by atoms with van der Waals surface area (Å²) in [5, 5.41) is 17.9. The molecule has 0 aliphatic rings. The van der Waals surface area contributed by atoms with Crippen LogP contribution < -0.4 is 14.7 Å². The fourth-order valence-corrected chi connectivity index (χ4v) is 4.66. The lowest BCUT2D eigenvalue weighted by Gasteiger charge is -2.26. The van der Waals surface area contributed by atoms with Crippen LogP contribution in [0.4, 0.5) is 17.1 Å². The van der Waals surface area contributed by atoms with Crippen molar-refractivity contribution in [1.82, 2.24) is 0 Å². The van der Waals surface area contributed by atoms with Crippen LogP contribution in [-0.2, 0) is 14.2 Å². The van der Waals surface area contributed by atoms with E-state index < -0.39 is 0 Å². The Hall–Kier alpha value is -3.14. The van der Waals surface area contributed by atoms with Gasteiger partial charge in [0.15, 0.2) is 0 Å². The number of benzene rings is 3. The summed E-state index contributed by atoms with van der Waals surface area (Å²) in [6, 6.07) is 26.3. The molecule has 41 heavy (non-hydrogen) atoms. The molecule has 8 heteroatoms. The van der Waals surface area contributed by atoms with Crippen molar-refractivity contribution in [3.05, 3.63) is 89.5 Å². The van der Waals surface area contributed by atoms with Crippen molar-refractivity contribution in [3.63, 3.8) is 0 Å². The van der Waals surface area contributed by atoms with Crippen LogP contribution in [0.25, 0.3) is 0 Å². The van der Waals surface area contributed by atoms with E-state index in [9.17, 15) is 0 Å². The van der Waals surface area contributed by atoms with Crippen LogP contribution >= 0.6 is 0 Å². The van der Waals surface area contributed by atoms with Crippen LogP contribution in [0.5, 0.6) is 0 Å². The third-order valence-electron chi connectivity index (χ3n) is 6.93. The average molecular weight is 566 g/mol. The van der Waals surface area contributed by atoms with Crippen molar-refractivity contribution in [1.29, 1.82) is 0 Å². The van der Waals surface area contributed by atoms with Gasteiger partial charge in [-0.3, -0.25) is 0 Å². The summed E-state index contributed by atoms with van der Waals surface area (Å²) < 4.78 is 16.6. The number of rotatable bonds is 19. The summed E-state index contributed by atoms with van der Waals surface area (Å²) in [6.07, 6.45) is 0. The molecule has 0 atom stereocenters. The van der Waals surface area contributed by atoms with Crippen molar-refractivity contribution >= 4 is 17.1 Å². The van der Waals surface area contributed by atoms with E-state index >= 15 is 0 Å². The highest BCUT2D eigenvalue weighted by molar-refractivity contribution is 5.55. The zero-order valence-corrected chi connectivity index (χ0v) is 25.0. The third-order valence-corrected chi connectivity index (χ3v) is 6.93. The summed E-state index contributed by atoms with van der Waals surface area (Å²) in [5.41, 5.74) is 7.14. The molecule has 0 fully saturated rings. The first-order valence-corrected chi connectivity index (χ1v) is 14.3. The second kappa shape index (κ2) is 17.6. The van der Waals surface area contributed by atoms with Crippen molar-refractivity contribution in [2.75, 3.05) is 109 Å². The quantitative estimate of drug-likeness (QED) is 0.168. The smallest absolute Gasteiger partial charge is 0.0701 e. The van der Waals surface area contributed by atoms with E-state index in [0.717, 1.165) is 5.69 Å². The van der Waals surface area contributed by atoms with Gasteiger partial charge in [-0.15, -0.1) is 0 Å². The topological polar surface area (TPSA) is 77.9 Å². The summed E-state index contributed by atoms with van der Waals surface area (Å²) in [6.45, 7) is 4.06. The number of hydrogen-bond acceptors (Lipinski definition) is 8. The van der Waals surface area contributed by atoms with Crippen LogP contribution in [-0.4, -0.2) is 104 Å². The van der Waals surface area contributed by atoms with E-state index in [0.29, 0.717) is 52.7 Å². The van der Waals surface area contributed by atoms with Crippen molar-refractivity contribution in [2.24, 2.45) is 0 Å². The Morgan fingerprint density at radius 3 is 1.20 bits per heavy atom. The highest BCUT2D eigenvalue weighted by Gasteiger charge is 2.18. The second-order valence-electron chi connectivity index (χ2n) is 10.3. The Morgan fingerprint density at radius 2 is 0.829 bits per heavy atom. The first-order valence-electron chi connectivity index (χ1n) is 14.3. The van der Waals surface area contributed by atoms with Crippen LogP contribution in [0.15, 0.2) is 72.8 Å². The van der Waals surface area contributed by atoms with Gasteiger partial charge in [-0.05, 0) is 53.1 Å². The molecule has 3 aromatic rings. The largest absolute Gasteiger partial charge is 0.394 e. The number of anilines is 3. The van der Waals surface area contributed by atoms with Gasteiger partial charge in [0, 0.05) is 64.3 Å². The molecule has 0 aromatic heterocycles. The van der Waals surface area contributed by atoms with Crippen molar-refractivity contribution in [3.8, 4) is 0 Å². The maximum Gasteiger partial charge on any atom is 0.0701 e. The number of hydrogen-bond donors (Lipinski definition) is 2. The fraction of sp³-hybridized carbons (Fsp3) is 0.455. The number of nitrogens with zero attached hydrogens (tertiary/aromatic N) is 3. The molecule has 0 bridgehead atoms. The van der Waals surface area contributed by atoms with Gasteiger partial charge in [-0.1, -0.05) is 36.4 Å². The molecule has 224 valence electrons. The molecule has 2 N–H and O–H groups in total. The van der Waals surface area contributed by atoms with Crippen LogP contribution in [0.2, 0.25) is 0 Å². The van der Waals surface area contributed by atoms with E-state index in [1.807, 2.05) is 0 Å². The molecular weight excluding hydrogens is 518 g/mol. The van der Waals surface area contributed by atoms with Gasteiger partial charge in [0.1, 0.15) is 0 Å². The lowest BCUT2D eigenvalue weighted by molar-refractivity contribution is 0.0347. The number of aliphatic hydroxyl groups is 2. The first-order chi connectivity index (χ1) is 19.9. The predicted octanol–water partition coefficient (Wildman–Crippen LogP) is 3.84. The molecule has 0 spiro atoms. The van der Waals surface area contributed by atoms with Gasteiger partial charge < -0.3 is 39.1 Å². The van der Waals surface area contributed by atoms with Gasteiger partial charge in [-0.2, -0.15) is 0 Å². The minimum Gasteiger partial charge on any atom is -0.394 e. The molecule has 3 aromatic carbocycles.